The van der Waals surface area contributed by atoms with E-state index < -0.39 is 10.7 Å². The number of hydrogen-bond acceptors (Lipinski definition) is 5. The highest BCUT2D eigenvalue weighted by molar-refractivity contribution is 9.10. The van der Waals surface area contributed by atoms with Gasteiger partial charge in [-0.25, -0.2) is 0 Å². The summed E-state index contributed by atoms with van der Waals surface area (Å²) in [7, 11) is 0. The Morgan fingerprint density at radius 1 is 1.52 bits per heavy atom. The van der Waals surface area contributed by atoms with Crippen LogP contribution < -0.4 is 5.32 Å². The van der Waals surface area contributed by atoms with Crippen molar-refractivity contribution in [3.63, 3.8) is 0 Å². The lowest BCUT2D eigenvalue weighted by Gasteiger charge is -2.07. The summed E-state index contributed by atoms with van der Waals surface area (Å²) in [4.78, 5) is 22.1. The number of aryl methyl sites for hydroxylation is 1. The van der Waals surface area contributed by atoms with Gasteiger partial charge in [-0.15, -0.1) is 0 Å². The van der Waals surface area contributed by atoms with Gasteiger partial charge in [-0.05, 0) is 34.7 Å². The summed E-state index contributed by atoms with van der Waals surface area (Å²) in [5, 5.41) is 21.4. The fourth-order valence-electron chi connectivity index (χ4n) is 1.99. The average molecular weight is 406 g/mol. The molecule has 2 aromatic heterocycles. The SMILES string of the molecule is CCn1ncc(Br)c1CNC(=O)Cn1nc([N+](=O)[O-])c(Cl)c1C. The van der Waals surface area contributed by atoms with E-state index in [9.17, 15) is 14.9 Å². The van der Waals surface area contributed by atoms with Crippen LogP contribution in [0.1, 0.15) is 18.3 Å². The van der Waals surface area contributed by atoms with Gasteiger partial charge in [-0.2, -0.15) is 9.78 Å². The highest BCUT2D eigenvalue weighted by Gasteiger charge is 2.25. The molecule has 23 heavy (non-hydrogen) atoms. The molecule has 9 nitrogen and oxygen atoms in total. The lowest BCUT2D eigenvalue weighted by atomic mass is 10.4. The molecule has 2 heterocycles. The normalized spacial score (nSPS) is 10.8. The van der Waals surface area contributed by atoms with Crippen molar-refractivity contribution in [3.8, 4) is 0 Å². The summed E-state index contributed by atoms with van der Waals surface area (Å²) in [6.07, 6.45) is 1.66. The number of halogens is 2. The van der Waals surface area contributed by atoms with Crippen LogP contribution in [0.25, 0.3) is 0 Å². The zero-order chi connectivity index (χ0) is 17.1. The fourth-order valence-corrected chi connectivity index (χ4v) is 2.63. The summed E-state index contributed by atoms with van der Waals surface area (Å²) in [5.41, 5.74) is 1.20. The van der Waals surface area contributed by atoms with Crippen molar-refractivity contribution >= 4 is 39.3 Å². The van der Waals surface area contributed by atoms with E-state index in [4.69, 9.17) is 11.6 Å². The molecule has 0 bridgehead atoms. The predicted molar refractivity (Wildman–Crippen MR) is 86.1 cm³/mol. The highest BCUT2D eigenvalue weighted by Crippen LogP contribution is 2.26. The minimum absolute atomic E-state index is 0.0606. The Morgan fingerprint density at radius 3 is 2.78 bits per heavy atom. The first kappa shape index (κ1) is 17.4. The number of nitro groups is 1. The van der Waals surface area contributed by atoms with Gasteiger partial charge in [0.05, 0.1) is 33.7 Å². The zero-order valence-corrected chi connectivity index (χ0v) is 14.8. The van der Waals surface area contributed by atoms with E-state index in [2.05, 4.69) is 31.4 Å². The smallest absolute Gasteiger partial charge is 0.358 e. The maximum atomic E-state index is 12.0. The summed E-state index contributed by atoms with van der Waals surface area (Å²) in [6, 6.07) is 0. The third kappa shape index (κ3) is 3.70. The van der Waals surface area contributed by atoms with Gasteiger partial charge in [-0.3, -0.25) is 9.48 Å². The topological polar surface area (TPSA) is 108 Å². The Labute approximate surface area is 144 Å². The van der Waals surface area contributed by atoms with Crippen molar-refractivity contribution in [2.45, 2.75) is 33.5 Å². The Balaban J connectivity index is 2.04. The van der Waals surface area contributed by atoms with Crippen LogP contribution in [0.4, 0.5) is 5.82 Å². The van der Waals surface area contributed by atoms with Crippen LogP contribution >= 0.6 is 27.5 Å². The van der Waals surface area contributed by atoms with Gasteiger partial charge in [0.15, 0.2) is 5.02 Å². The number of carbonyl (C=O) groups excluding carboxylic acids is 1. The molecule has 11 heteroatoms. The van der Waals surface area contributed by atoms with E-state index >= 15 is 0 Å². The number of rotatable bonds is 6. The van der Waals surface area contributed by atoms with Crippen molar-refractivity contribution in [1.82, 2.24) is 24.9 Å². The van der Waals surface area contributed by atoms with Crippen LogP contribution in [0.2, 0.25) is 5.02 Å². The molecule has 1 N–H and O–H groups in total. The van der Waals surface area contributed by atoms with Crippen molar-refractivity contribution in [2.24, 2.45) is 0 Å². The molecule has 0 aliphatic heterocycles. The molecule has 0 spiro atoms. The Morgan fingerprint density at radius 2 is 2.22 bits per heavy atom. The van der Waals surface area contributed by atoms with Crippen LogP contribution in [0.3, 0.4) is 0 Å². The lowest BCUT2D eigenvalue weighted by Crippen LogP contribution is -2.29. The van der Waals surface area contributed by atoms with Crippen LogP contribution in [0.15, 0.2) is 10.7 Å². The van der Waals surface area contributed by atoms with Crippen LogP contribution in [-0.2, 0) is 24.4 Å². The maximum absolute atomic E-state index is 12.0. The molecule has 0 saturated heterocycles. The van der Waals surface area contributed by atoms with Gasteiger partial charge in [0.2, 0.25) is 5.91 Å². The molecular formula is C12H14BrClN6O3. The van der Waals surface area contributed by atoms with Gasteiger partial charge >= 0.3 is 5.82 Å². The molecule has 1 amide bonds. The van der Waals surface area contributed by atoms with Gasteiger partial charge in [0.25, 0.3) is 0 Å². The Kier molecular flexibility index (Phi) is 5.37. The van der Waals surface area contributed by atoms with Crippen molar-refractivity contribution in [3.05, 3.63) is 37.2 Å². The van der Waals surface area contributed by atoms with Crippen LogP contribution in [0, 0.1) is 17.0 Å². The summed E-state index contributed by atoms with van der Waals surface area (Å²) in [5.74, 6) is -0.790. The number of hydrogen-bond donors (Lipinski definition) is 1. The zero-order valence-electron chi connectivity index (χ0n) is 12.4. The van der Waals surface area contributed by atoms with Gasteiger partial charge in [-0.1, -0.05) is 11.6 Å². The fraction of sp³-hybridized carbons (Fsp3) is 0.417. The van der Waals surface area contributed by atoms with E-state index in [1.165, 1.54) is 4.68 Å². The first-order valence-corrected chi connectivity index (χ1v) is 7.86. The molecule has 0 atom stereocenters. The number of nitrogens with one attached hydrogen (secondary N) is 1. The van der Waals surface area contributed by atoms with Crippen molar-refractivity contribution in [1.29, 1.82) is 0 Å². The summed E-state index contributed by atoms with van der Waals surface area (Å²) in [6.45, 7) is 4.31. The highest BCUT2D eigenvalue weighted by atomic mass is 79.9. The first-order valence-electron chi connectivity index (χ1n) is 6.69. The minimum atomic E-state index is -0.680. The molecule has 124 valence electrons. The van der Waals surface area contributed by atoms with Gasteiger partial charge in [0, 0.05) is 6.54 Å². The maximum Gasteiger partial charge on any atom is 0.408 e. The number of nitrogens with zero attached hydrogens (tertiary/aromatic N) is 5. The molecule has 0 unspecified atom stereocenters. The standard InChI is InChI=1S/C12H14BrClN6O3/c1-3-18-9(8(13)4-16-18)5-15-10(21)6-19-7(2)11(14)12(17-19)20(22)23/h4H,3,5-6H2,1-2H3,(H,15,21). The quantitative estimate of drug-likeness (QED) is 0.584. The first-order chi connectivity index (χ1) is 10.8. The second-order valence-electron chi connectivity index (χ2n) is 4.67. The second kappa shape index (κ2) is 7.09. The minimum Gasteiger partial charge on any atom is -0.358 e. The van der Waals surface area contributed by atoms with E-state index in [1.807, 2.05) is 6.92 Å². The molecule has 2 aromatic rings. The predicted octanol–water partition coefficient (Wildman–Crippen LogP) is 2.05. The monoisotopic (exact) mass is 404 g/mol. The molecule has 0 aliphatic rings. The van der Waals surface area contributed by atoms with E-state index in [0.717, 1.165) is 10.2 Å². The molecular weight excluding hydrogens is 392 g/mol. The van der Waals surface area contributed by atoms with E-state index in [1.54, 1.807) is 17.8 Å². The second-order valence-corrected chi connectivity index (χ2v) is 5.90. The third-order valence-electron chi connectivity index (χ3n) is 3.23. The van der Waals surface area contributed by atoms with Gasteiger partial charge in [0.1, 0.15) is 6.54 Å². The van der Waals surface area contributed by atoms with Crippen LogP contribution in [-0.4, -0.2) is 30.4 Å². The summed E-state index contributed by atoms with van der Waals surface area (Å²) < 4.78 is 3.77. The third-order valence-corrected chi connectivity index (χ3v) is 4.34. The van der Waals surface area contributed by atoms with Crippen molar-refractivity contribution < 1.29 is 9.72 Å². The molecule has 0 saturated carbocycles. The van der Waals surface area contributed by atoms with Crippen LogP contribution in [0.5, 0.6) is 0 Å². The molecule has 0 aliphatic carbocycles. The molecule has 0 fully saturated rings. The van der Waals surface area contributed by atoms with Crippen molar-refractivity contribution in [2.75, 3.05) is 0 Å². The molecule has 0 aromatic carbocycles. The Bertz CT molecular complexity index is 756. The lowest BCUT2D eigenvalue weighted by molar-refractivity contribution is -0.389. The van der Waals surface area contributed by atoms with E-state index in [0.29, 0.717) is 12.2 Å². The number of amides is 1. The van der Waals surface area contributed by atoms with E-state index in [-0.39, 0.29) is 24.0 Å². The number of aromatic nitrogens is 4. The average Bonchev–Trinajstić information content (AvgIpc) is 2.99. The molecule has 2 rings (SSSR count). The van der Waals surface area contributed by atoms with Gasteiger partial charge < -0.3 is 15.4 Å². The largest absolute Gasteiger partial charge is 0.408 e. The molecule has 0 radical (unpaired) electrons. The summed E-state index contributed by atoms with van der Waals surface area (Å²) >= 11 is 9.21. The number of carbonyl (C=O) groups is 1. The Hall–Kier alpha value is -1.94.